The number of carbonyl (C=O) groups excluding carboxylic acids is 2. The van der Waals surface area contributed by atoms with Gasteiger partial charge in [-0.2, -0.15) is 0 Å². The zero-order valence-corrected chi connectivity index (χ0v) is 19.4. The van der Waals surface area contributed by atoms with E-state index in [0.29, 0.717) is 44.0 Å². The Morgan fingerprint density at radius 1 is 1.18 bits per heavy atom. The molecule has 3 heterocycles. The summed E-state index contributed by atoms with van der Waals surface area (Å²) in [6, 6.07) is 5.46. The van der Waals surface area contributed by atoms with Crippen molar-refractivity contribution in [2.24, 2.45) is 5.92 Å². The lowest BCUT2D eigenvalue weighted by molar-refractivity contribution is -0.150. The van der Waals surface area contributed by atoms with Crippen molar-refractivity contribution in [1.29, 1.82) is 0 Å². The van der Waals surface area contributed by atoms with E-state index in [-0.39, 0.29) is 24.3 Å². The minimum atomic E-state index is -0.490. The van der Waals surface area contributed by atoms with Crippen LogP contribution in [0.25, 0.3) is 11.0 Å². The van der Waals surface area contributed by atoms with Crippen LogP contribution in [0.15, 0.2) is 27.4 Å². The second kappa shape index (κ2) is 10.4. The van der Waals surface area contributed by atoms with Gasteiger partial charge in [0, 0.05) is 18.5 Å². The Hall–Kier alpha value is -2.87. The van der Waals surface area contributed by atoms with Gasteiger partial charge in [-0.1, -0.05) is 6.92 Å². The van der Waals surface area contributed by atoms with Crippen molar-refractivity contribution in [3.63, 3.8) is 0 Å². The normalized spacial score (nSPS) is 18.7. The van der Waals surface area contributed by atoms with Crippen LogP contribution in [0.2, 0.25) is 0 Å². The number of aryl methyl sites for hydroxylation is 1. The topological polar surface area (TPSA) is 89.3 Å². The Morgan fingerprint density at radius 2 is 2.03 bits per heavy atom. The van der Waals surface area contributed by atoms with E-state index >= 15 is 0 Å². The van der Waals surface area contributed by atoms with E-state index in [9.17, 15) is 14.4 Å². The molecule has 1 aromatic heterocycles. The highest BCUT2D eigenvalue weighted by atomic mass is 16.5. The van der Waals surface area contributed by atoms with Crippen molar-refractivity contribution in [1.82, 2.24) is 4.90 Å². The molecule has 178 valence electrons. The predicted molar refractivity (Wildman–Crippen MR) is 125 cm³/mol. The molecule has 0 N–H and O–H groups in total. The minimum absolute atomic E-state index is 0.148. The largest absolute Gasteiger partial charge is 0.494 e. The molecule has 0 spiro atoms. The molecule has 0 unspecified atom stereocenters. The Morgan fingerprint density at radius 3 is 2.82 bits per heavy atom. The van der Waals surface area contributed by atoms with Gasteiger partial charge in [-0.25, -0.2) is 4.79 Å². The first-order valence-electron chi connectivity index (χ1n) is 11.9. The van der Waals surface area contributed by atoms with Gasteiger partial charge in [-0.15, -0.1) is 0 Å². The van der Waals surface area contributed by atoms with E-state index in [1.54, 1.807) is 24.0 Å². The fraction of sp³-hybridized carbons (Fsp3) is 0.560. The Labute approximate surface area is 193 Å². The molecule has 0 radical (unpaired) electrons. The molecule has 1 amide bonds. The maximum absolute atomic E-state index is 13.3. The average molecular weight is 457 g/mol. The molecule has 2 aliphatic heterocycles. The summed E-state index contributed by atoms with van der Waals surface area (Å²) in [7, 11) is 0. The van der Waals surface area contributed by atoms with Crippen molar-refractivity contribution in [3.05, 3.63) is 34.2 Å². The molecule has 2 aliphatic rings. The lowest BCUT2D eigenvalue weighted by atomic mass is 9.97. The van der Waals surface area contributed by atoms with Gasteiger partial charge < -0.3 is 18.8 Å². The van der Waals surface area contributed by atoms with Gasteiger partial charge >= 0.3 is 11.6 Å². The van der Waals surface area contributed by atoms with Gasteiger partial charge in [0.25, 0.3) is 0 Å². The predicted octanol–water partition coefficient (Wildman–Crippen LogP) is 3.14. The summed E-state index contributed by atoms with van der Waals surface area (Å²) >= 11 is 0. The number of ether oxygens (including phenoxy) is 2. The Kier molecular flexibility index (Phi) is 7.33. The summed E-state index contributed by atoms with van der Waals surface area (Å²) in [5.74, 6) is 0.162. The number of carbonyl (C=O) groups is 2. The smallest absolute Gasteiger partial charge is 0.360 e. The first-order chi connectivity index (χ1) is 16.0. The highest BCUT2D eigenvalue weighted by Gasteiger charge is 2.32. The summed E-state index contributed by atoms with van der Waals surface area (Å²) in [4.78, 5) is 41.9. The van der Waals surface area contributed by atoms with E-state index < -0.39 is 5.63 Å². The molecule has 0 aliphatic carbocycles. The third-order valence-electron chi connectivity index (χ3n) is 6.29. The molecular formula is C25H32N2O6. The number of rotatable bonds is 7. The van der Waals surface area contributed by atoms with Crippen LogP contribution in [0.4, 0.5) is 5.69 Å². The Bertz CT molecular complexity index is 1080. The van der Waals surface area contributed by atoms with Crippen LogP contribution >= 0.6 is 0 Å². The SMILES string of the molecule is CCCOc1ccc2oc(=O)c3c(c2c1)CCCN3C(=O)CN1CCC[C@H](C(=O)OCC)C1. The fourth-order valence-electron chi connectivity index (χ4n) is 4.77. The summed E-state index contributed by atoms with van der Waals surface area (Å²) in [5, 5.41) is 0.816. The number of likely N-dealkylation sites (tertiary alicyclic amines) is 1. The first-order valence-corrected chi connectivity index (χ1v) is 11.9. The average Bonchev–Trinajstić information content (AvgIpc) is 2.83. The number of fused-ring (bicyclic) bond motifs is 3. The quantitative estimate of drug-likeness (QED) is 0.467. The molecule has 8 nitrogen and oxygen atoms in total. The minimum Gasteiger partial charge on any atom is -0.494 e. The molecule has 0 bridgehead atoms. The van der Waals surface area contributed by atoms with Gasteiger partial charge in [0.2, 0.25) is 5.91 Å². The van der Waals surface area contributed by atoms with Gasteiger partial charge in [-0.05, 0) is 69.3 Å². The highest BCUT2D eigenvalue weighted by molar-refractivity contribution is 5.98. The number of hydrogen-bond acceptors (Lipinski definition) is 7. The second-order valence-corrected chi connectivity index (χ2v) is 8.70. The maximum atomic E-state index is 13.3. The number of benzene rings is 1. The number of anilines is 1. The van der Waals surface area contributed by atoms with E-state index in [2.05, 4.69) is 0 Å². The van der Waals surface area contributed by atoms with Crippen LogP contribution < -0.4 is 15.3 Å². The molecule has 1 aromatic carbocycles. The lowest BCUT2D eigenvalue weighted by Crippen LogP contribution is -2.48. The van der Waals surface area contributed by atoms with Crippen molar-refractivity contribution in [2.75, 3.05) is 44.3 Å². The third kappa shape index (κ3) is 5.05. The van der Waals surface area contributed by atoms with E-state index in [4.69, 9.17) is 13.9 Å². The Balaban J connectivity index is 1.57. The molecule has 4 rings (SSSR count). The van der Waals surface area contributed by atoms with Crippen molar-refractivity contribution in [2.45, 2.75) is 46.0 Å². The highest BCUT2D eigenvalue weighted by Crippen LogP contribution is 2.33. The van der Waals surface area contributed by atoms with Gasteiger partial charge in [0.05, 0.1) is 25.7 Å². The summed E-state index contributed by atoms with van der Waals surface area (Å²) in [5.41, 5.74) is 1.19. The van der Waals surface area contributed by atoms with Crippen LogP contribution in [0.3, 0.4) is 0 Å². The maximum Gasteiger partial charge on any atom is 0.360 e. The van der Waals surface area contributed by atoms with E-state index in [0.717, 1.165) is 48.9 Å². The summed E-state index contributed by atoms with van der Waals surface area (Å²) in [6.45, 7) is 6.68. The van der Waals surface area contributed by atoms with Crippen LogP contribution in [0, 0.1) is 5.92 Å². The van der Waals surface area contributed by atoms with Crippen LogP contribution in [0.5, 0.6) is 5.75 Å². The van der Waals surface area contributed by atoms with Crippen molar-refractivity contribution in [3.8, 4) is 5.75 Å². The summed E-state index contributed by atoms with van der Waals surface area (Å²) in [6.07, 6.45) is 3.97. The van der Waals surface area contributed by atoms with E-state index in [1.165, 1.54) is 0 Å². The molecule has 0 saturated carbocycles. The number of esters is 1. The lowest BCUT2D eigenvalue weighted by Gasteiger charge is -2.34. The first kappa shape index (κ1) is 23.3. The molecular weight excluding hydrogens is 424 g/mol. The molecule has 1 saturated heterocycles. The zero-order valence-electron chi connectivity index (χ0n) is 19.4. The van der Waals surface area contributed by atoms with Gasteiger partial charge in [0.1, 0.15) is 17.0 Å². The van der Waals surface area contributed by atoms with Crippen LogP contribution in [0.1, 0.15) is 45.1 Å². The second-order valence-electron chi connectivity index (χ2n) is 8.70. The fourth-order valence-corrected chi connectivity index (χ4v) is 4.77. The molecule has 33 heavy (non-hydrogen) atoms. The molecule has 8 heteroatoms. The van der Waals surface area contributed by atoms with Crippen LogP contribution in [-0.2, 0) is 20.7 Å². The monoisotopic (exact) mass is 456 g/mol. The van der Waals surface area contributed by atoms with Crippen LogP contribution in [-0.4, -0.2) is 56.2 Å². The molecule has 1 fully saturated rings. The third-order valence-corrected chi connectivity index (χ3v) is 6.29. The zero-order chi connectivity index (χ0) is 23.4. The van der Waals surface area contributed by atoms with Gasteiger partial charge in [0.15, 0.2) is 0 Å². The number of nitrogens with zero attached hydrogens (tertiary/aromatic N) is 2. The number of hydrogen-bond donors (Lipinski definition) is 0. The van der Waals surface area contributed by atoms with E-state index in [1.807, 2.05) is 17.9 Å². The standard InChI is InChI=1S/C25H32N2O6/c1-3-13-32-18-9-10-21-20(14-18)19-8-6-12-27(23(19)25(30)33-21)22(28)16-26-11-5-7-17(15-26)24(29)31-4-2/h9-10,14,17H,3-8,11-13,15-16H2,1-2H3/t17-/m0/s1. The molecule has 1 atom stereocenters. The van der Waals surface area contributed by atoms with Crippen molar-refractivity contribution >= 4 is 28.5 Å². The number of amides is 1. The van der Waals surface area contributed by atoms with Crippen molar-refractivity contribution < 1.29 is 23.5 Å². The summed E-state index contributed by atoms with van der Waals surface area (Å²) < 4.78 is 16.5. The number of piperidine rings is 1. The molecule has 2 aromatic rings. The van der Waals surface area contributed by atoms with Gasteiger partial charge in [-0.3, -0.25) is 14.5 Å².